The molecule has 2 aromatic carbocycles. The average Bonchev–Trinajstić information content (AvgIpc) is 2.79. The van der Waals surface area contributed by atoms with Gasteiger partial charge in [0.2, 0.25) is 0 Å². The minimum absolute atomic E-state index is 0.0972. The first-order valence-corrected chi connectivity index (χ1v) is 10.7. The molecular formula is C25H29NO5. The fourth-order valence-electron chi connectivity index (χ4n) is 3.94. The zero-order valence-corrected chi connectivity index (χ0v) is 18.3. The molecule has 1 aliphatic rings. The van der Waals surface area contributed by atoms with Crippen molar-refractivity contribution in [2.24, 2.45) is 5.92 Å². The Morgan fingerprint density at radius 1 is 1.00 bits per heavy atom. The summed E-state index contributed by atoms with van der Waals surface area (Å²) in [6.07, 6.45) is 2.50. The van der Waals surface area contributed by atoms with Gasteiger partial charge in [0.05, 0.1) is 19.6 Å². The first-order chi connectivity index (χ1) is 15.1. The lowest BCUT2D eigenvalue weighted by molar-refractivity contribution is 0.160. The van der Waals surface area contributed by atoms with Crippen molar-refractivity contribution in [2.45, 2.75) is 19.8 Å². The summed E-state index contributed by atoms with van der Waals surface area (Å²) >= 11 is 0. The third-order valence-electron chi connectivity index (χ3n) is 5.92. The van der Waals surface area contributed by atoms with Gasteiger partial charge in [-0.15, -0.1) is 0 Å². The van der Waals surface area contributed by atoms with Crippen molar-refractivity contribution in [3.05, 3.63) is 52.7 Å². The molecule has 164 valence electrons. The van der Waals surface area contributed by atoms with Crippen molar-refractivity contribution in [1.82, 2.24) is 4.90 Å². The van der Waals surface area contributed by atoms with E-state index in [1.807, 2.05) is 12.1 Å². The average molecular weight is 424 g/mol. The number of hydrogen-bond acceptors (Lipinski definition) is 6. The summed E-state index contributed by atoms with van der Waals surface area (Å²) in [5.74, 6) is 3.18. The molecule has 1 fully saturated rings. The predicted molar refractivity (Wildman–Crippen MR) is 121 cm³/mol. The highest BCUT2D eigenvalue weighted by Crippen LogP contribution is 2.33. The molecule has 6 nitrogen and oxygen atoms in total. The molecule has 0 amide bonds. The normalized spacial score (nSPS) is 15.2. The maximum absolute atomic E-state index is 12.6. The van der Waals surface area contributed by atoms with E-state index in [1.165, 1.54) is 18.9 Å². The van der Waals surface area contributed by atoms with Crippen molar-refractivity contribution >= 4 is 11.0 Å². The van der Waals surface area contributed by atoms with E-state index in [0.717, 1.165) is 31.1 Å². The van der Waals surface area contributed by atoms with Crippen LogP contribution in [0.1, 0.15) is 19.8 Å². The maximum Gasteiger partial charge on any atom is 0.193 e. The largest absolute Gasteiger partial charge is 0.493 e. The predicted octanol–water partition coefficient (Wildman–Crippen LogP) is 4.59. The van der Waals surface area contributed by atoms with Gasteiger partial charge in [0.1, 0.15) is 23.7 Å². The zero-order chi connectivity index (χ0) is 21.8. The van der Waals surface area contributed by atoms with Crippen molar-refractivity contribution in [1.29, 1.82) is 0 Å². The van der Waals surface area contributed by atoms with Crippen LogP contribution < -0.4 is 19.6 Å². The quantitative estimate of drug-likeness (QED) is 0.554. The van der Waals surface area contributed by atoms with E-state index in [1.54, 1.807) is 38.5 Å². The topological polar surface area (TPSA) is 61.1 Å². The molecular weight excluding hydrogens is 394 g/mol. The van der Waals surface area contributed by atoms with Gasteiger partial charge in [0.25, 0.3) is 0 Å². The summed E-state index contributed by atoms with van der Waals surface area (Å²) in [5, 5.41) is 0.529. The minimum atomic E-state index is -0.0972. The molecule has 4 rings (SSSR count). The molecule has 0 saturated carbocycles. The zero-order valence-electron chi connectivity index (χ0n) is 18.3. The van der Waals surface area contributed by atoms with Crippen LogP contribution in [0.25, 0.3) is 22.3 Å². The van der Waals surface area contributed by atoms with Gasteiger partial charge in [-0.2, -0.15) is 0 Å². The van der Waals surface area contributed by atoms with Crippen molar-refractivity contribution in [3.8, 4) is 28.6 Å². The highest BCUT2D eigenvalue weighted by Gasteiger charge is 2.15. The first-order valence-electron chi connectivity index (χ1n) is 10.7. The van der Waals surface area contributed by atoms with Gasteiger partial charge >= 0.3 is 0 Å². The van der Waals surface area contributed by atoms with Crippen LogP contribution in [0.4, 0.5) is 0 Å². The first kappa shape index (κ1) is 21.2. The van der Waals surface area contributed by atoms with E-state index in [2.05, 4.69) is 11.8 Å². The van der Waals surface area contributed by atoms with E-state index in [0.29, 0.717) is 40.6 Å². The molecule has 0 bridgehead atoms. The number of hydrogen-bond donors (Lipinski definition) is 0. The van der Waals surface area contributed by atoms with Gasteiger partial charge in [-0.1, -0.05) is 6.92 Å². The summed E-state index contributed by atoms with van der Waals surface area (Å²) in [6.45, 7) is 6.09. The summed E-state index contributed by atoms with van der Waals surface area (Å²) in [4.78, 5) is 15.1. The Labute approximate surface area is 182 Å². The second-order valence-corrected chi connectivity index (χ2v) is 8.08. The Balaban J connectivity index is 1.53. The third-order valence-corrected chi connectivity index (χ3v) is 5.92. The fourth-order valence-corrected chi connectivity index (χ4v) is 3.94. The Kier molecular flexibility index (Phi) is 6.47. The summed E-state index contributed by atoms with van der Waals surface area (Å²) in [6, 6.07) is 12.3. The Bertz CT molecular complexity index is 1100. The number of ether oxygens (including phenoxy) is 3. The Hall–Kier alpha value is -2.99. The van der Waals surface area contributed by atoms with Crippen molar-refractivity contribution < 1.29 is 18.6 Å². The van der Waals surface area contributed by atoms with Crippen molar-refractivity contribution in [2.75, 3.05) is 40.5 Å². The molecule has 2 heterocycles. The van der Waals surface area contributed by atoms with Crippen LogP contribution in [0.5, 0.6) is 17.2 Å². The smallest absolute Gasteiger partial charge is 0.193 e. The van der Waals surface area contributed by atoms with E-state index in [4.69, 9.17) is 18.6 Å². The lowest BCUT2D eigenvalue weighted by atomic mass is 9.99. The van der Waals surface area contributed by atoms with Gasteiger partial charge in [0, 0.05) is 24.2 Å². The second-order valence-electron chi connectivity index (χ2n) is 8.08. The van der Waals surface area contributed by atoms with E-state index >= 15 is 0 Å². The summed E-state index contributed by atoms with van der Waals surface area (Å²) < 4.78 is 22.7. The maximum atomic E-state index is 12.6. The highest BCUT2D eigenvalue weighted by molar-refractivity contribution is 5.80. The number of methoxy groups -OCH3 is 2. The fraction of sp³-hybridized carbons (Fsp3) is 0.400. The third kappa shape index (κ3) is 4.85. The molecule has 3 aromatic rings. The molecule has 0 atom stereocenters. The number of benzene rings is 2. The molecule has 1 saturated heterocycles. The van der Waals surface area contributed by atoms with Gasteiger partial charge < -0.3 is 18.6 Å². The molecule has 0 spiro atoms. The molecule has 0 aliphatic carbocycles. The standard InChI is InChI=1S/C25H29NO5/c1-17-8-10-26(11-9-17)12-13-30-19-5-6-20-21(27)16-23(31-24(20)15-19)18-4-7-22(28-2)25(14-18)29-3/h4-7,14-17H,8-13H2,1-3H3. The van der Waals surface area contributed by atoms with Crippen LogP contribution in [0.3, 0.4) is 0 Å². The molecule has 1 aromatic heterocycles. The van der Waals surface area contributed by atoms with Crippen LogP contribution in [0.15, 0.2) is 51.7 Å². The van der Waals surface area contributed by atoms with Crippen LogP contribution >= 0.6 is 0 Å². The molecule has 0 N–H and O–H groups in total. The van der Waals surface area contributed by atoms with Crippen LogP contribution in [0, 0.1) is 5.92 Å². The monoisotopic (exact) mass is 423 g/mol. The summed E-state index contributed by atoms with van der Waals surface area (Å²) in [5.41, 5.74) is 1.14. The van der Waals surface area contributed by atoms with Crippen LogP contribution in [-0.4, -0.2) is 45.4 Å². The lowest BCUT2D eigenvalue weighted by Crippen LogP contribution is -2.35. The number of likely N-dealkylation sites (tertiary alicyclic amines) is 1. The summed E-state index contributed by atoms with van der Waals surface area (Å²) in [7, 11) is 3.16. The SMILES string of the molecule is COc1ccc(-c2cc(=O)c3ccc(OCCN4CCC(C)CC4)cc3o2)cc1OC. The lowest BCUT2D eigenvalue weighted by Gasteiger charge is -2.29. The number of piperidine rings is 1. The minimum Gasteiger partial charge on any atom is -0.493 e. The Morgan fingerprint density at radius 2 is 1.77 bits per heavy atom. The van der Waals surface area contributed by atoms with Gasteiger partial charge in [-0.25, -0.2) is 0 Å². The molecule has 1 aliphatic heterocycles. The van der Waals surface area contributed by atoms with Crippen LogP contribution in [0.2, 0.25) is 0 Å². The van der Waals surface area contributed by atoms with Gasteiger partial charge in [-0.3, -0.25) is 9.69 Å². The number of rotatable bonds is 7. The molecule has 0 radical (unpaired) electrons. The van der Waals surface area contributed by atoms with E-state index in [9.17, 15) is 4.79 Å². The van der Waals surface area contributed by atoms with Gasteiger partial charge in [-0.05, 0) is 62.2 Å². The van der Waals surface area contributed by atoms with E-state index in [-0.39, 0.29) is 5.43 Å². The van der Waals surface area contributed by atoms with Gasteiger partial charge in [0.15, 0.2) is 16.9 Å². The molecule has 0 unspecified atom stereocenters. The van der Waals surface area contributed by atoms with Crippen LogP contribution in [-0.2, 0) is 0 Å². The van der Waals surface area contributed by atoms with E-state index < -0.39 is 0 Å². The second kappa shape index (κ2) is 9.43. The Morgan fingerprint density at radius 3 is 2.52 bits per heavy atom. The molecule has 31 heavy (non-hydrogen) atoms. The molecule has 6 heteroatoms. The highest BCUT2D eigenvalue weighted by atomic mass is 16.5. The number of nitrogens with zero attached hydrogens (tertiary/aromatic N) is 1. The number of fused-ring (bicyclic) bond motifs is 1. The van der Waals surface area contributed by atoms with Crippen molar-refractivity contribution in [3.63, 3.8) is 0 Å².